The van der Waals surface area contributed by atoms with Gasteiger partial charge in [0.2, 0.25) is 5.91 Å². The Hall–Kier alpha value is -1.66. The van der Waals surface area contributed by atoms with E-state index in [-0.39, 0.29) is 17.9 Å². The molecule has 1 fully saturated rings. The minimum atomic E-state index is -0.890. The van der Waals surface area contributed by atoms with Gasteiger partial charge >= 0.3 is 0 Å². The van der Waals surface area contributed by atoms with E-state index in [1.165, 1.54) is 0 Å². The van der Waals surface area contributed by atoms with Crippen molar-refractivity contribution in [3.63, 3.8) is 0 Å². The van der Waals surface area contributed by atoms with E-state index in [0.29, 0.717) is 18.7 Å². The molecule has 3 aliphatic rings. The molecule has 144 valence electrons. The van der Waals surface area contributed by atoms with Crippen LogP contribution in [0, 0.1) is 0 Å². The fourth-order valence-corrected chi connectivity index (χ4v) is 4.27. The first-order chi connectivity index (χ1) is 12.4. The van der Waals surface area contributed by atoms with Gasteiger partial charge in [-0.3, -0.25) is 9.59 Å². The topological polar surface area (TPSA) is 61.9 Å². The van der Waals surface area contributed by atoms with E-state index in [9.17, 15) is 9.59 Å². The first-order valence-electron chi connectivity index (χ1n) is 9.74. The van der Waals surface area contributed by atoms with Crippen LogP contribution in [0.1, 0.15) is 39.5 Å². The van der Waals surface area contributed by atoms with Crippen LogP contribution in [-0.2, 0) is 14.3 Å². The number of amides is 2. The summed E-state index contributed by atoms with van der Waals surface area (Å²) < 4.78 is 6.17. The number of fused-ring (bicyclic) bond motifs is 1. The van der Waals surface area contributed by atoms with Crippen molar-refractivity contribution in [2.45, 2.75) is 57.3 Å². The van der Waals surface area contributed by atoms with Crippen LogP contribution in [0.15, 0.2) is 23.3 Å². The summed E-state index contributed by atoms with van der Waals surface area (Å²) in [5.74, 6) is -0.142. The summed E-state index contributed by atoms with van der Waals surface area (Å²) in [5.41, 5.74) is 0.749. The Morgan fingerprint density at radius 1 is 1.35 bits per heavy atom. The maximum absolute atomic E-state index is 13.1. The van der Waals surface area contributed by atoms with Gasteiger partial charge in [-0.2, -0.15) is 0 Å². The predicted molar refractivity (Wildman–Crippen MR) is 101 cm³/mol. The first kappa shape index (κ1) is 19.1. The Balaban J connectivity index is 1.80. The van der Waals surface area contributed by atoms with Crippen LogP contribution in [0.2, 0.25) is 0 Å². The highest BCUT2D eigenvalue weighted by Crippen LogP contribution is 2.51. The number of carbonyl (C=O) groups excluding carboxylic acids is 2. The van der Waals surface area contributed by atoms with Gasteiger partial charge in [-0.05, 0) is 52.1 Å². The Kier molecular flexibility index (Phi) is 5.53. The van der Waals surface area contributed by atoms with Gasteiger partial charge in [-0.15, -0.1) is 0 Å². The summed E-state index contributed by atoms with van der Waals surface area (Å²) in [7, 11) is 4.02. The SMILES string of the molecule is CCCCCNC(=O)[C@@H]1N(CCCN(C)C)C(=O)C2=C(C)[C@H]3C=C[C@]21O3. The number of rotatable bonds is 9. The van der Waals surface area contributed by atoms with Gasteiger partial charge in [0.05, 0.1) is 11.7 Å². The lowest BCUT2D eigenvalue weighted by atomic mass is 9.85. The van der Waals surface area contributed by atoms with E-state index in [2.05, 4.69) is 17.1 Å². The van der Waals surface area contributed by atoms with Crippen molar-refractivity contribution in [3.8, 4) is 0 Å². The number of nitrogens with zero attached hydrogens (tertiary/aromatic N) is 2. The molecule has 6 heteroatoms. The van der Waals surface area contributed by atoms with Crippen molar-refractivity contribution in [1.82, 2.24) is 15.1 Å². The molecule has 3 atom stereocenters. The lowest BCUT2D eigenvalue weighted by Crippen LogP contribution is -2.54. The minimum absolute atomic E-state index is 0.0400. The molecule has 0 aromatic rings. The highest BCUT2D eigenvalue weighted by molar-refractivity contribution is 6.07. The van der Waals surface area contributed by atoms with E-state index < -0.39 is 11.6 Å². The molecule has 3 heterocycles. The third-order valence-electron chi connectivity index (χ3n) is 5.58. The second kappa shape index (κ2) is 7.53. The molecular formula is C20H31N3O3. The normalized spacial score (nSPS) is 29.3. The molecule has 0 aromatic heterocycles. The highest BCUT2D eigenvalue weighted by Gasteiger charge is 2.65. The fraction of sp³-hybridized carbons (Fsp3) is 0.700. The van der Waals surface area contributed by atoms with Crippen LogP contribution in [-0.4, -0.2) is 73.1 Å². The number of nitrogens with one attached hydrogen (secondary N) is 1. The maximum atomic E-state index is 13.1. The third kappa shape index (κ3) is 3.09. The van der Waals surface area contributed by atoms with Crippen LogP contribution in [0.3, 0.4) is 0 Å². The summed E-state index contributed by atoms with van der Waals surface area (Å²) >= 11 is 0. The van der Waals surface area contributed by atoms with Gasteiger partial charge in [0.15, 0.2) is 0 Å². The van der Waals surface area contributed by atoms with Crippen molar-refractivity contribution in [3.05, 3.63) is 23.3 Å². The van der Waals surface area contributed by atoms with Gasteiger partial charge in [-0.25, -0.2) is 0 Å². The summed E-state index contributed by atoms with van der Waals surface area (Å²) in [6.07, 6.45) is 7.73. The molecule has 0 unspecified atom stereocenters. The zero-order valence-corrected chi connectivity index (χ0v) is 16.4. The Labute approximate surface area is 156 Å². The monoisotopic (exact) mass is 361 g/mol. The molecule has 0 aromatic carbocycles. The third-order valence-corrected chi connectivity index (χ3v) is 5.58. The van der Waals surface area contributed by atoms with Crippen LogP contribution in [0.5, 0.6) is 0 Å². The largest absolute Gasteiger partial charge is 0.354 e. The molecule has 0 radical (unpaired) electrons. The van der Waals surface area contributed by atoms with E-state index in [1.807, 2.05) is 33.2 Å². The van der Waals surface area contributed by atoms with Crippen LogP contribution >= 0.6 is 0 Å². The number of carbonyl (C=O) groups is 2. The van der Waals surface area contributed by atoms with Crippen molar-refractivity contribution < 1.29 is 14.3 Å². The number of ether oxygens (including phenoxy) is 1. The predicted octanol–water partition coefficient (Wildman–Crippen LogP) is 1.48. The van der Waals surface area contributed by atoms with Gasteiger partial charge in [-0.1, -0.05) is 25.8 Å². The summed E-state index contributed by atoms with van der Waals surface area (Å²) in [4.78, 5) is 30.0. The van der Waals surface area contributed by atoms with Crippen molar-refractivity contribution >= 4 is 11.8 Å². The van der Waals surface area contributed by atoms with E-state index in [0.717, 1.165) is 37.8 Å². The van der Waals surface area contributed by atoms with Crippen molar-refractivity contribution in [1.29, 1.82) is 0 Å². The van der Waals surface area contributed by atoms with Crippen LogP contribution in [0.4, 0.5) is 0 Å². The quantitative estimate of drug-likeness (QED) is 0.499. The molecule has 2 amide bonds. The molecule has 3 rings (SSSR count). The highest BCUT2D eigenvalue weighted by atomic mass is 16.5. The van der Waals surface area contributed by atoms with Crippen molar-refractivity contribution in [2.24, 2.45) is 0 Å². The standard InChI is InChI=1S/C20H31N3O3/c1-5-6-7-11-21-18(24)17-20-10-9-15(26-20)14(2)16(20)19(25)23(17)13-8-12-22(3)4/h9-10,15,17H,5-8,11-13H2,1-4H3,(H,21,24)/t15-,17+,20+/m1/s1. The molecular weight excluding hydrogens is 330 g/mol. The number of likely N-dealkylation sites (tertiary alicyclic amines) is 1. The second-order valence-electron chi connectivity index (χ2n) is 7.80. The molecule has 1 spiro atoms. The van der Waals surface area contributed by atoms with Crippen LogP contribution in [0.25, 0.3) is 0 Å². The molecule has 2 bridgehead atoms. The number of hydrogen-bond acceptors (Lipinski definition) is 4. The Morgan fingerprint density at radius 3 is 2.81 bits per heavy atom. The molecule has 0 saturated carbocycles. The van der Waals surface area contributed by atoms with Gasteiger partial charge in [0, 0.05) is 13.1 Å². The summed E-state index contributed by atoms with van der Waals surface area (Å²) in [5, 5.41) is 3.03. The lowest BCUT2D eigenvalue weighted by Gasteiger charge is -2.31. The maximum Gasteiger partial charge on any atom is 0.254 e. The molecule has 1 saturated heterocycles. The molecule has 1 N–H and O–H groups in total. The lowest BCUT2D eigenvalue weighted by molar-refractivity contribution is -0.138. The fourth-order valence-electron chi connectivity index (χ4n) is 4.27. The zero-order valence-electron chi connectivity index (χ0n) is 16.4. The molecule has 0 aliphatic carbocycles. The zero-order chi connectivity index (χ0) is 18.9. The number of hydrogen-bond donors (Lipinski definition) is 1. The Morgan fingerprint density at radius 2 is 2.12 bits per heavy atom. The average Bonchev–Trinajstić information content (AvgIpc) is 3.20. The van der Waals surface area contributed by atoms with E-state index >= 15 is 0 Å². The minimum Gasteiger partial charge on any atom is -0.354 e. The molecule has 3 aliphatic heterocycles. The molecule has 26 heavy (non-hydrogen) atoms. The van der Waals surface area contributed by atoms with E-state index in [1.54, 1.807) is 4.90 Å². The van der Waals surface area contributed by atoms with Gasteiger partial charge in [0.1, 0.15) is 11.6 Å². The van der Waals surface area contributed by atoms with Crippen LogP contribution < -0.4 is 5.32 Å². The second-order valence-corrected chi connectivity index (χ2v) is 7.80. The average molecular weight is 361 g/mol. The first-order valence-corrected chi connectivity index (χ1v) is 9.74. The molecule has 6 nitrogen and oxygen atoms in total. The van der Waals surface area contributed by atoms with Crippen molar-refractivity contribution in [2.75, 3.05) is 33.7 Å². The summed E-state index contributed by atoms with van der Waals surface area (Å²) in [6.45, 7) is 6.16. The van der Waals surface area contributed by atoms with Gasteiger partial charge in [0.25, 0.3) is 5.91 Å². The number of unbranched alkanes of at least 4 members (excludes halogenated alkanes) is 2. The van der Waals surface area contributed by atoms with Gasteiger partial charge < -0.3 is 19.9 Å². The summed E-state index contributed by atoms with van der Waals surface area (Å²) in [6, 6.07) is -0.604. The smallest absolute Gasteiger partial charge is 0.254 e. The Bertz CT molecular complexity index is 640. The van der Waals surface area contributed by atoms with E-state index in [4.69, 9.17) is 4.74 Å².